The zero-order valence-corrected chi connectivity index (χ0v) is 18.7. The van der Waals surface area contributed by atoms with Gasteiger partial charge in [0.2, 0.25) is 0 Å². The Morgan fingerprint density at radius 3 is 2.77 bits per heavy atom. The van der Waals surface area contributed by atoms with Gasteiger partial charge in [0.05, 0.1) is 17.9 Å². The predicted octanol–water partition coefficient (Wildman–Crippen LogP) is 3.46. The van der Waals surface area contributed by atoms with Crippen LogP contribution in [0.5, 0.6) is 0 Å². The molecular formula is C21H25ClN4O3S. The summed E-state index contributed by atoms with van der Waals surface area (Å²) < 4.78 is 22.4. The van der Waals surface area contributed by atoms with Crippen LogP contribution in [-0.4, -0.2) is 43.1 Å². The van der Waals surface area contributed by atoms with E-state index in [1.807, 2.05) is 24.3 Å². The van der Waals surface area contributed by atoms with Gasteiger partial charge in [-0.2, -0.15) is 0 Å². The molecule has 1 aromatic carbocycles. The fourth-order valence-corrected chi connectivity index (χ4v) is 4.31. The first-order valence-electron chi connectivity index (χ1n) is 9.69. The monoisotopic (exact) mass is 448 g/mol. The van der Waals surface area contributed by atoms with Crippen molar-refractivity contribution in [1.82, 2.24) is 15.3 Å². The van der Waals surface area contributed by atoms with Gasteiger partial charge in [-0.1, -0.05) is 35.9 Å². The lowest BCUT2D eigenvalue weighted by atomic mass is 10.0. The number of hydrogen-bond acceptors (Lipinski definition) is 6. The fourth-order valence-electron chi connectivity index (χ4n) is 3.52. The van der Waals surface area contributed by atoms with Gasteiger partial charge in [-0.05, 0) is 38.3 Å². The summed E-state index contributed by atoms with van der Waals surface area (Å²) in [6, 6.07) is 7.45. The summed E-state index contributed by atoms with van der Waals surface area (Å²) in [5, 5.41) is 4.52. The summed E-state index contributed by atoms with van der Waals surface area (Å²) in [5.74, 6) is 0.303. The lowest BCUT2D eigenvalue weighted by Crippen LogP contribution is -2.33. The van der Waals surface area contributed by atoms with Gasteiger partial charge >= 0.3 is 0 Å². The van der Waals surface area contributed by atoms with Gasteiger partial charge in [-0.15, -0.1) is 0 Å². The van der Waals surface area contributed by atoms with E-state index in [4.69, 9.17) is 11.6 Å². The zero-order valence-electron chi connectivity index (χ0n) is 17.2. The van der Waals surface area contributed by atoms with Crippen LogP contribution < -0.4 is 10.2 Å². The number of anilines is 1. The first kappa shape index (κ1) is 22.2. The molecule has 160 valence electrons. The van der Waals surface area contributed by atoms with Crippen molar-refractivity contribution in [2.75, 3.05) is 17.7 Å². The van der Waals surface area contributed by atoms with Gasteiger partial charge in [0.25, 0.3) is 5.91 Å². The van der Waals surface area contributed by atoms with Crippen LogP contribution in [0.2, 0.25) is 5.02 Å². The number of benzene rings is 1. The molecule has 0 unspecified atom stereocenters. The van der Waals surface area contributed by atoms with E-state index >= 15 is 0 Å². The minimum atomic E-state index is -3.25. The molecule has 2 heterocycles. The van der Waals surface area contributed by atoms with Gasteiger partial charge < -0.3 is 10.2 Å². The van der Waals surface area contributed by atoms with Crippen molar-refractivity contribution in [2.24, 2.45) is 0 Å². The highest BCUT2D eigenvalue weighted by Gasteiger charge is 2.29. The maximum Gasteiger partial charge on any atom is 0.272 e. The number of carbonyl (C=O) groups excluding carboxylic acids is 1. The molecule has 7 nitrogen and oxygen atoms in total. The molecule has 1 fully saturated rings. The van der Waals surface area contributed by atoms with E-state index in [1.165, 1.54) is 6.08 Å². The number of carbonyl (C=O) groups is 1. The smallest absolute Gasteiger partial charge is 0.272 e. The zero-order chi connectivity index (χ0) is 21.9. The lowest BCUT2D eigenvalue weighted by molar-refractivity contribution is 0.0940. The summed E-state index contributed by atoms with van der Waals surface area (Å²) in [6.45, 7) is 4.26. The van der Waals surface area contributed by atoms with Crippen LogP contribution >= 0.6 is 11.6 Å². The molecule has 0 bridgehead atoms. The Balaban J connectivity index is 1.77. The topological polar surface area (TPSA) is 92.3 Å². The van der Waals surface area contributed by atoms with Gasteiger partial charge in [0, 0.05) is 29.3 Å². The maximum absolute atomic E-state index is 12.5. The molecule has 1 aromatic heterocycles. The Morgan fingerprint density at radius 2 is 2.10 bits per heavy atom. The van der Waals surface area contributed by atoms with Gasteiger partial charge in [-0.3, -0.25) is 4.79 Å². The molecule has 0 spiro atoms. The van der Waals surface area contributed by atoms with Crippen LogP contribution in [0, 0.1) is 6.92 Å². The van der Waals surface area contributed by atoms with E-state index in [1.54, 1.807) is 20.0 Å². The first-order chi connectivity index (χ1) is 14.2. The van der Waals surface area contributed by atoms with Crippen LogP contribution in [0.3, 0.4) is 0 Å². The quantitative estimate of drug-likeness (QED) is 0.727. The normalized spacial score (nSPS) is 18.0. The second-order valence-electron chi connectivity index (χ2n) is 7.46. The van der Waals surface area contributed by atoms with Crippen molar-refractivity contribution in [2.45, 2.75) is 38.8 Å². The third-order valence-corrected chi connectivity index (χ3v) is 5.93. The minimum Gasteiger partial charge on any atom is -0.348 e. The Morgan fingerprint density at radius 1 is 1.37 bits per heavy atom. The summed E-state index contributed by atoms with van der Waals surface area (Å²) in [7, 11) is -3.25. The summed E-state index contributed by atoms with van der Waals surface area (Å²) >= 11 is 6.40. The van der Waals surface area contributed by atoms with Crippen molar-refractivity contribution >= 4 is 33.2 Å². The summed E-state index contributed by atoms with van der Waals surface area (Å²) in [6.07, 6.45) is 6.11. The maximum atomic E-state index is 12.5. The number of aryl methyl sites for hydroxylation is 1. The van der Waals surface area contributed by atoms with Gasteiger partial charge in [0.1, 0.15) is 11.5 Å². The van der Waals surface area contributed by atoms with Crippen LogP contribution in [0.4, 0.5) is 5.82 Å². The number of nitrogens with one attached hydrogen (secondary N) is 1. The van der Waals surface area contributed by atoms with Crippen molar-refractivity contribution in [3.8, 4) is 0 Å². The molecule has 2 aromatic rings. The van der Waals surface area contributed by atoms with E-state index in [2.05, 4.69) is 20.2 Å². The molecule has 3 rings (SSSR count). The third-order valence-electron chi connectivity index (χ3n) is 4.93. The number of nitrogens with zero attached hydrogens (tertiary/aromatic N) is 3. The van der Waals surface area contributed by atoms with Gasteiger partial charge in [-0.25, -0.2) is 18.4 Å². The molecule has 1 saturated heterocycles. The second kappa shape index (κ2) is 9.14. The highest BCUT2D eigenvalue weighted by molar-refractivity contribution is 7.93. The van der Waals surface area contributed by atoms with Crippen LogP contribution in [0.1, 0.15) is 47.6 Å². The molecule has 0 saturated carbocycles. The number of halogens is 1. The average molecular weight is 449 g/mol. The first-order valence-corrected chi connectivity index (χ1v) is 12.0. The van der Waals surface area contributed by atoms with E-state index in [9.17, 15) is 13.2 Å². The fraction of sp³-hybridized carbons (Fsp3) is 0.381. The molecule has 30 heavy (non-hydrogen) atoms. The van der Waals surface area contributed by atoms with E-state index in [-0.39, 0.29) is 11.7 Å². The molecule has 1 amide bonds. The summed E-state index contributed by atoms with van der Waals surface area (Å²) in [4.78, 5) is 23.7. The highest BCUT2D eigenvalue weighted by atomic mass is 35.5. The SMILES string of the molecule is Cc1nc(N2CCC[C@H]2c2ccccc2Cl)cnc1C(=O)N[C@H](C)/C=C/S(C)(=O)=O. The lowest BCUT2D eigenvalue weighted by Gasteiger charge is -2.27. The van der Waals surface area contributed by atoms with Crippen LogP contribution in [0.15, 0.2) is 41.9 Å². The highest BCUT2D eigenvalue weighted by Crippen LogP contribution is 2.38. The number of aromatic nitrogens is 2. The Labute approximate surface area is 182 Å². The average Bonchev–Trinajstić information content (AvgIpc) is 3.15. The Bertz CT molecular complexity index is 1070. The van der Waals surface area contributed by atoms with Gasteiger partial charge in [0.15, 0.2) is 9.84 Å². The van der Waals surface area contributed by atoms with Crippen molar-refractivity contribution in [3.63, 3.8) is 0 Å². The molecule has 1 N–H and O–H groups in total. The van der Waals surface area contributed by atoms with Crippen molar-refractivity contribution < 1.29 is 13.2 Å². The molecular weight excluding hydrogens is 424 g/mol. The third kappa shape index (κ3) is 5.37. The molecule has 9 heteroatoms. The molecule has 0 aliphatic carbocycles. The predicted molar refractivity (Wildman–Crippen MR) is 118 cm³/mol. The van der Waals surface area contributed by atoms with Crippen molar-refractivity contribution in [1.29, 1.82) is 0 Å². The Kier molecular flexibility index (Phi) is 6.77. The number of sulfone groups is 1. The van der Waals surface area contributed by atoms with Crippen LogP contribution in [-0.2, 0) is 9.84 Å². The standard InChI is InChI=1S/C21H25ClN4O3S/c1-14(10-12-30(3,28)29)24-21(27)20-15(2)25-19(13-23-20)26-11-6-9-18(26)16-7-4-5-8-17(16)22/h4-5,7-8,10,12-14,18H,6,9,11H2,1-3H3,(H,24,27)/b12-10+/t14-,18+/m1/s1. The molecule has 1 aliphatic rings. The largest absolute Gasteiger partial charge is 0.348 e. The number of amides is 1. The summed E-state index contributed by atoms with van der Waals surface area (Å²) in [5.41, 5.74) is 1.78. The minimum absolute atomic E-state index is 0.119. The molecule has 1 aliphatic heterocycles. The Hall–Kier alpha value is -2.45. The second-order valence-corrected chi connectivity index (χ2v) is 9.79. The van der Waals surface area contributed by atoms with E-state index in [0.29, 0.717) is 11.5 Å². The number of hydrogen-bond donors (Lipinski definition) is 1. The molecule has 0 radical (unpaired) electrons. The number of rotatable bonds is 6. The molecule has 2 atom stereocenters. The van der Waals surface area contributed by atoms with Crippen LogP contribution in [0.25, 0.3) is 0 Å². The van der Waals surface area contributed by atoms with E-state index < -0.39 is 21.8 Å². The van der Waals surface area contributed by atoms with Crippen molar-refractivity contribution in [3.05, 3.63) is 63.9 Å². The van der Waals surface area contributed by atoms with E-state index in [0.717, 1.165) is 41.6 Å².